The average Bonchev–Trinajstić information content (AvgIpc) is 2.63. The smallest absolute Gasteiger partial charge is 0.241 e. The van der Waals surface area contributed by atoms with E-state index in [1.165, 1.54) is 0 Å². The highest BCUT2D eigenvalue weighted by molar-refractivity contribution is 6.35. The Bertz CT molecular complexity index is 830. The van der Waals surface area contributed by atoms with E-state index in [0.29, 0.717) is 27.2 Å². The molecule has 0 fully saturated rings. The summed E-state index contributed by atoms with van der Waals surface area (Å²) in [5.41, 5.74) is 1.05. The molecular weight excluding hydrogens is 389 g/mol. The van der Waals surface area contributed by atoms with Gasteiger partial charge in [-0.05, 0) is 44.3 Å². The van der Waals surface area contributed by atoms with Crippen molar-refractivity contribution < 1.29 is 14.3 Å². The molecular formula is C19H21Cl2N3O3. The maximum absolute atomic E-state index is 12.4. The maximum atomic E-state index is 12.4. The number of hydrogen-bond donors (Lipinski definition) is 2. The van der Waals surface area contributed by atoms with E-state index in [9.17, 15) is 9.59 Å². The summed E-state index contributed by atoms with van der Waals surface area (Å²) in [5, 5.41) is 6.35. The Labute approximate surface area is 168 Å². The number of anilines is 2. The zero-order chi connectivity index (χ0) is 20.0. The molecule has 0 radical (unpaired) electrons. The molecule has 6 nitrogen and oxygen atoms in total. The Balaban J connectivity index is 1.93. The van der Waals surface area contributed by atoms with Gasteiger partial charge < -0.3 is 15.4 Å². The molecule has 0 spiro atoms. The second-order valence-corrected chi connectivity index (χ2v) is 6.83. The first-order valence-electron chi connectivity index (χ1n) is 8.20. The zero-order valence-electron chi connectivity index (χ0n) is 15.3. The lowest BCUT2D eigenvalue weighted by Crippen LogP contribution is -2.43. The molecule has 2 N–H and O–H groups in total. The van der Waals surface area contributed by atoms with E-state index < -0.39 is 6.04 Å². The number of nitrogens with one attached hydrogen (secondary N) is 2. The lowest BCUT2D eigenvalue weighted by Gasteiger charge is -2.23. The molecule has 1 atom stereocenters. The first-order chi connectivity index (χ1) is 12.8. The predicted octanol–water partition coefficient (Wildman–Crippen LogP) is 3.90. The van der Waals surface area contributed by atoms with Gasteiger partial charge in [0.15, 0.2) is 0 Å². The Morgan fingerprint density at radius 1 is 1.15 bits per heavy atom. The van der Waals surface area contributed by atoms with Gasteiger partial charge in [-0.2, -0.15) is 0 Å². The van der Waals surface area contributed by atoms with Crippen LogP contribution in [-0.4, -0.2) is 43.5 Å². The Kier molecular flexibility index (Phi) is 7.47. The van der Waals surface area contributed by atoms with E-state index in [4.69, 9.17) is 27.9 Å². The molecule has 0 saturated carbocycles. The molecule has 2 aromatic carbocycles. The number of ether oxygens (including phenoxy) is 1. The number of benzene rings is 2. The van der Waals surface area contributed by atoms with Crippen molar-refractivity contribution in [3.8, 4) is 5.75 Å². The van der Waals surface area contributed by atoms with Crippen LogP contribution < -0.4 is 15.4 Å². The Morgan fingerprint density at radius 2 is 1.89 bits per heavy atom. The van der Waals surface area contributed by atoms with Gasteiger partial charge in [0.25, 0.3) is 0 Å². The van der Waals surface area contributed by atoms with Gasteiger partial charge in [-0.3, -0.25) is 14.5 Å². The molecule has 0 bridgehead atoms. The number of halogens is 2. The van der Waals surface area contributed by atoms with Gasteiger partial charge in [0.1, 0.15) is 5.75 Å². The molecule has 144 valence electrons. The number of nitrogens with zero attached hydrogens (tertiary/aromatic N) is 1. The first kappa shape index (κ1) is 21.0. The van der Waals surface area contributed by atoms with Crippen molar-refractivity contribution in [2.45, 2.75) is 13.0 Å². The van der Waals surface area contributed by atoms with Gasteiger partial charge >= 0.3 is 0 Å². The summed E-state index contributed by atoms with van der Waals surface area (Å²) in [6, 6.07) is 11.3. The van der Waals surface area contributed by atoms with Crippen LogP contribution >= 0.6 is 23.2 Å². The second kappa shape index (κ2) is 9.60. The predicted molar refractivity (Wildman–Crippen MR) is 109 cm³/mol. The quantitative estimate of drug-likeness (QED) is 0.727. The molecule has 0 saturated heterocycles. The van der Waals surface area contributed by atoms with Gasteiger partial charge in [0.2, 0.25) is 11.8 Å². The fourth-order valence-electron chi connectivity index (χ4n) is 2.30. The lowest BCUT2D eigenvalue weighted by molar-refractivity contribution is -0.122. The summed E-state index contributed by atoms with van der Waals surface area (Å²) in [7, 11) is 3.25. The minimum atomic E-state index is -0.559. The minimum absolute atomic E-state index is 0.0368. The summed E-state index contributed by atoms with van der Waals surface area (Å²) in [4.78, 5) is 26.3. The number of amides is 2. The molecule has 27 heavy (non-hydrogen) atoms. The number of carbonyl (C=O) groups excluding carboxylic acids is 2. The van der Waals surface area contributed by atoms with Crippen LogP contribution in [0.1, 0.15) is 6.92 Å². The van der Waals surface area contributed by atoms with Gasteiger partial charge in [-0.25, -0.2) is 0 Å². The van der Waals surface area contributed by atoms with E-state index in [2.05, 4.69) is 10.6 Å². The molecule has 2 aromatic rings. The zero-order valence-corrected chi connectivity index (χ0v) is 16.8. The monoisotopic (exact) mass is 409 g/mol. The summed E-state index contributed by atoms with van der Waals surface area (Å²) in [5.74, 6) is 0.106. The number of methoxy groups -OCH3 is 1. The number of hydrogen-bond acceptors (Lipinski definition) is 4. The molecule has 0 heterocycles. The molecule has 0 aromatic heterocycles. The molecule has 1 unspecified atom stereocenters. The van der Waals surface area contributed by atoms with E-state index in [1.54, 1.807) is 68.4 Å². The highest BCUT2D eigenvalue weighted by Gasteiger charge is 2.21. The van der Waals surface area contributed by atoms with Crippen LogP contribution in [0.5, 0.6) is 5.75 Å². The fraction of sp³-hybridized carbons (Fsp3) is 0.263. The Morgan fingerprint density at radius 3 is 2.59 bits per heavy atom. The second-order valence-electron chi connectivity index (χ2n) is 5.98. The normalized spacial score (nSPS) is 11.8. The molecule has 2 amide bonds. The van der Waals surface area contributed by atoms with Crippen LogP contribution in [0.2, 0.25) is 10.0 Å². The van der Waals surface area contributed by atoms with Crippen molar-refractivity contribution in [1.82, 2.24) is 4.90 Å². The third-order valence-electron chi connectivity index (χ3n) is 3.97. The highest BCUT2D eigenvalue weighted by Crippen LogP contribution is 2.25. The summed E-state index contributed by atoms with van der Waals surface area (Å²) in [6.45, 7) is 1.74. The number of likely N-dealkylation sites (N-methyl/N-ethyl adjacent to an activating group) is 1. The van der Waals surface area contributed by atoms with E-state index in [-0.39, 0.29) is 18.4 Å². The van der Waals surface area contributed by atoms with Crippen LogP contribution in [0.3, 0.4) is 0 Å². The van der Waals surface area contributed by atoms with E-state index in [0.717, 1.165) is 0 Å². The largest absolute Gasteiger partial charge is 0.497 e. The van der Waals surface area contributed by atoms with Crippen molar-refractivity contribution in [2.24, 2.45) is 0 Å². The maximum Gasteiger partial charge on any atom is 0.241 e. The van der Waals surface area contributed by atoms with Crippen molar-refractivity contribution >= 4 is 46.4 Å². The van der Waals surface area contributed by atoms with Crippen molar-refractivity contribution in [3.63, 3.8) is 0 Å². The highest BCUT2D eigenvalue weighted by atomic mass is 35.5. The van der Waals surface area contributed by atoms with Crippen LogP contribution in [0.25, 0.3) is 0 Å². The van der Waals surface area contributed by atoms with E-state index >= 15 is 0 Å². The molecule has 8 heteroatoms. The van der Waals surface area contributed by atoms with Crippen molar-refractivity contribution in [3.05, 3.63) is 52.5 Å². The van der Waals surface area contributed by atoms with Gasteiger partial charge in [0.05, 0.1) is 30.4 Å². The van der Waals surface area contributed by atoms with Gasteiger partial charge in [-0.15, -0.1) is 0 Å². The third-order valence-corrected chi connectivity index (χ3v) is 4.54. The molecule has 0 aliphatic rings. The molecule has 0 aliphatic carbocycles. The number of rotatable bonds is 7. The van der Waals surface area contributed by atoms with Crippen molar-refractivity contribution in [2.75, 3.05) is 31.3 Å². The summed E-state index contributed by atoms with van der Waals surface area (Å²) in [6.07, 6.45) is 0. The molecule has 0 aliphatic heterocycles. The summed E-state index contributed by atoms with van der Waals surface area (Å²) >= 11 is 12.0. The Hall–Kier alpha value is -2.28. The van der Waals surface area contributed by atoms with E-state index in [1.807, 2.05) is 0 Å². The lowest BCUT2D eigenvalue weighted by atomic mass is 10.2. The molecule has 2 rings (SSSR count). The van der Waals surface area contributed by atoms with Crippen LogP contribution in [0, 0.1) is 0 Å². The van der Waals surface area contributed by atoms with Crippen LogP contribution in [0.4, 0.5) is 11.4 Å². The van der Waals surface area contributed by atoms with Crippen molar-refractivity contribution in [1.29, 1.82) is 0 Å². The number of carbonyl (C=O) groups is 2. The van der Waals surface area contributed by atoms with Gasteiger partial charge in [-0.1, -0.05) is 29.3 Å². The SMILES string of the molecule is COc1cccc(NC(=O)CN(C)C(C)C(=O)Nc2cc(Cl)ccc2Cl)c1. The fourth-order valence-corrected chi connectivity index (χ4v) is 2.63. The summed E-state index contributed by atoms with van der Waals surface area (Å²) < 4.78 is 5.13. The topological polar surface area (TPSA) is 70.7 Å². The minimum Gasteiger partial charge on any atom is -0.497 e. The van der Waals surface area contributed by atoms with Crippen LogP contribution in [-0.2, 0) is 9.59 Å². The first-order valence-corrected chi connectivity index (χ1v) is 8.96. The van der Waals surface area contributed by atoms with Gasteiger partial charge in [0, 0.05) is 16.8 Å². The average molecular weight is 410 g/mol. The van der Waals surface area contributed by atoms with Crippen LogP contribution in [0.15, 0.2) is 42.5 Å². The third kappa shape index (κ3) is 6.13. The standard InChI is InChI=1S/C19H21Cl2N3O3/c1-12(19(26)23-17-9-13(20)7-8-16(17)21)24(2)11-18(25)22-14-5-4-6-15(10-14)27-3/h4-10,12H,11H2,1-3H3,(H,22,25)(H,23,26).